The Bertz CT molecular complexity index is 1260. The number of pyridine rings is 1. The van der Waals surface area contributed by atoms with Crippen LogP contribution in [0, 0.1) is 0 Å². The molecule has 0 amide bonds. The van der Waals surface area contributed by atoms with E-state index >= 15 is 0 Å². The number of nitrogens with zero attached hydrogens (tertiary/aromatic N) is 2. The summed E-state index contributed by atoms with van der Waals surface area (Å²) in [6.45, 7) is 6.26. The third-order valence-electron chi connectivity index (χ3n) is 4.85. The number of ether oxygens (including phenoxy) is 3. The molecule has 4 aromatic rings. The molecule has 4 rings (SSSR count). The molecule has 0 spiro atoms. The van der Waals surface area contributed by atoms with Gasteiger partial charge >= 0.3 is 0 Å². The molecule has 0 atom stereocenters. The number of anilines is 1. The van der Waals surface area contributed by atoms with Gasteiger partial charge in [-0.05, 0) is 42.1 Å². The first-order valence-corrected chi connectivity index (χ1v) is 12.4. The smallest absolute Gasteiger partial charge is 0.219 e. The zero-order valence-corrected chi connectivity index (χ0v) is 26.1. The Kier molecular flexibility index (Phi) is 15.9. The van der Waals surface area contributed by atoms with Crippen LogP contribution in [0.5, 0.6) is 23.1 Å². The maximum atomic E-state index is 7.50. The Morgan fingerprint density at radius 2 is 1.71 bits per heavy atom. The maximum absolute atomic E-state index is 7.50. The van der Waals surface area contributed by atoms with Crippen LogP contribution in [-0.4, -0.2) is 36.7 Å². The third-order valence-corrected chi connectivity index (χ3v) is 5.69. The minimum Gasteiger partial charge on any atom is -0.674 e. The van der Waals surface area contributed by atoms with Crippen LogP contribution in [0.2, 0.25) is 0 Å². The molecule has 0 aliphatic heterocycles. The summed E-state index contributed by atoms with van der Waals surface area (Å²) >= 11 is 1.39. The van der Waals surface area contributed by atoms with Crippen LogP contribution in [0.4, 0.5) is 5.82 Å². The normalized spacial score (nSPS) is 9.79. The number of nitrogens with one attached hydrogen (secondary N) is 2. The van der Waals surface area contributed by atoms with Crippen LogP contribution in [0.1, 0.15) is 31.9 Å². The number of aromatic nitrogens is 2. The number of hydrogen-bond donors (Lipinski definition) is 2. The van der Waals surface area contributed by atoms with E-state index in [0.29, 0.717) is 34.2 Å². The number of aryl methyl sites for hydroxylation is 1. The fraction of sp³-hybridized carbons (Fsp3) is 0.308. The number of methoxy groups -OCH3 is 2. The average Bonchev–Trinajstić information content (AvgIpc) is 3.35. The summed E-state index contributed by atoms with van der Waals surface area (Å²) in [6.07, 6.45) is 2.55. The third kappa shape index (κ3) is 9.11. The van der Waals surface area contributed by atoms with Gasteiger partial charge in [-0.2, -0.15) is 0 Å². The quantitative estimate of drug-likeness (QED) is 0.111. The van der Waals surface area contributed by atoms with Crippen LogP contribution >= 0.6 is 11.9 Å². The standard InChI is InChI=1S/C23H23N4O4S.C2H6.CH4O2.Y/c1-4-14-5-6-17(28-2)20(9-14)32-27-23-22-18(29-3)11-16(12-19(22)31-26-23)30-21-10-15(13-24)7-8-25-21;1-2;1-3-2;/h5-12,24H,4,13H2,1-3H3,(H,26,27);1-2H3;2H,1H3;/q-1;;;. The molecule has 10 nitrogen and oxygen atoms in total. The van der Waals surface area contributed by atoms with Gasteiger partial charge in [-0.25, -0.2) is 9.87 Å². The summed E-state index contributed by atoms with van der Waals surface area (Å²) in [5, 5.41) is 11.9. The van der Waals surface area contributed by atoms with Crippen molar-refractivity contribution in [2.24, 2.45) is 0 Å². The van der Waals surface area contributed by atoms with E-state index in [1.54, 1.807) is 44.7 Å². The van der Waals surface area contributed by atoms with Crippen LogP contribution in [0.3, 0.4) is 0 Å². The fourth-order valence-corrected chi connectivity index (χ4v) is 3.97. The van der Waals surface area contributed by atoms with Crippen molar-refractivity contribution in [3.8, 4) is 23.1 Å². The van der Waals surface area contributed by atoms with Crippen LogP contribution in [-0.2, 0) is 50.6 Å². The van der Waals surface area contributed by atoms with E-state index in [9.17, 15) is 0 Å². The van der Waals surface area contributed by atoms with Crippen molar-refractivity contribution in [1.82, 2.24) is 10.1 Å². The molecule has 1 radical (unpaired) electrons. The summed E-state index contributed by atoms with van der Waals surface area (Å²) in [5.74, 6) is 2.75. The molecule has 0 aliphatic rings. The van der Waals surface area contributed by atoms with Gasteiger partial charge in [0.25, 0.3) is 0 Å². The summed E-state index contributed by atoms with van der Waals surface area (Å²) in [7, 11) is 4.41. The Morgan fingerprint density at radius 3 is 2.34 bits per heavy atom. The molecule has 0 bridgehead atoms. The van der Waals surface area contributed by atoms with Crippen molar-refractivity contribution in [3.05, 3.63) is 65.5 Å². The monoisotopic (exact) mass is 618 g/mol. The van der Waals surface area contributed by atoms with Crippen LogP contribution in [0.25, 0.3) is 16.7 Å². The molecule has 3 N–H and O–H groups in total. The molecule has 0 saturated carbocycles. The van der Waals surface area contributed by atoms with E-state index in [2.05, 4.69) is 32.7 Å². The summed E-state index contributed by atoms with van der Waals surface area (Å²) in [6, 6.07) is 13.1. The molecule has 2 heterocycles. The zero-order chi connectivity index (χ0) is 27.2. The topological polar surface area (TPSA) is 132 Å². The van der Waals surface area contributed by atoms with E-state index in [1.807, 2.05) is 26.0 Å². The first kappa shape index (κ1) is 33.6. The molecule has 0 unspecified atom stereocenters. The largest absolute Gasteiger partial charge is 0.674 e. The average molecular weight is 619 g/mol. The maximum Gasteiger partial charge on any atom is 0.219 e. The fourth-order valence-electron chi connectivity index (χ4n) is 3.16. The Labute approximate surface area is 252 Å². The number of hydrogen-bond acceptors (Lipinski definition) is 10. The first-order chi connectivity index (χ1) is 18.1. The minimum atomic E-state index is 0. The predicted octanol–water partition coefficient (Wildman–Crippen LogP) is 7.40. The molecule has 203 valence electrons. The first-order valence-electron chi connectivity index (χ1n) is 11.6. The van der Waals surface area contributed by atoms with Gasteiger partial charge in [0.15, 0.2) is 11.4 Å². The van der Waals surface area contributed by atoms with Crippen molar-refractivity contribution < 1.29 is 61.6 Å². The van der Waals surface area contributed by atoms with Gasteiger partial charge in [0.05, 0.1) is 26.2 Å². The van der Waals surface area contributed by atoms with Gasteiger partial charge in [0.2, 0.25) is 5.88 Å². The Balaban J connectivity index is 0.00000112. The molecule has 12 heteroatoms. The molecular weight excluding hydrogens is 585 g/mol. The van der Waals surface area contributed by atoms with E-state index in [0.717, 1.165) is 22.6 Å². The zero-order valence-electron chi connectivity index (χ0n) is 22.4. The van der Waals surface area contributed by atoms with Gasteiger partial charge in [0.1, 0.15) is 22.6 Å². The van der Waals surface area contributed by atoms with Crippen molar-refractivity contribution >= 4 is 28.7 Å². The second-order valence-corrected chi connectivity index (χ2v) is 7.88. The van der Waals surface area contributed by atoms with Gasteiger partial charge in [-0.3, -0.25) is 5.26 Å². The second kappa shape index (κ2) is 18.0. The summed E-state index contributed by atoms with van der Waals surface area (Å²) < 4.78 is 25.7. The molecule has 38 heavy (non-hydrogen) atoms. The van der Waals surface area contributed by atoms with Gasteiger partial charge in [-0.1, -0.05) is 37.6 Å². The van der Waals surface area contributed by atoms with Crippen LogP contribution < -0.4 is 18.9 Å². The van der Waals surface area contributed by atoms with Crippen molar-refractivity contribution in [2.75, 3.05) is 26.1 Å². The van der Waals surface area contributed by atoms with Crippen molar-refractivity contribution in [3.63, 3.8) is 0 Å². The summed E-state index contributed by atoms with van der Waals surface area (Å²) in [5.41, 5.74) is 10.0. The van der Waals surface area contributed by atoms with Gasteiger partial charge in [0, 0.05) is 57.1 Å². The van der Waals surface area contributed by atoms with Crippen molar-refractivity contribution in [1.29, 1.82) is 0 Å². The minimum absolute atomic E-state index is 0. The molecule has 0 fully saturated rings. The molecule has 2 aromatic heterocycles. The van der Waals surface area contributed by atoms with Gasteiger partial charge < -0.3 is 29.2 Å². The van der Waals surface area contributed by atoms with Crippen molar-refractivity contribution in [2.45, 2.75) is 38.6 Å². The Morgan fingerprint density at radius 1 is 1.00 bits per heavy atom. The van der Waals surface area contributed by atoms with Gasteiger partial charge in [-0.15, -0.1) is 6.54 Å². The van der Waals surface area contributed by atoms with E-state index in [-0.39, 0.29) is 39.3 Å². The molecular formula is C26H33N4O6SY-. The number of rotatable bonds is 9. The van der Waals surface area contributed by atoms with Crippen LogP contribution in [0.15, 0.2) is 58.1 Å². The number of benzene rings is 2. The van der Waals surface area contributed by atoms with E-state index in [4.69, 9.17) is 29.7 Å². The second-order valence-electron chi connectivity index (χ2n) is 7.04. The summed E-state index contributed by atoms with van der Waals surface area (Å²) in [4.78, 5) is 8.39. The van der Waals surface area contributed by atoms with E-state index < -0.39 is 0 Å². The SMILES string of the molecule is CC.CCc1ccc(OC)c(SNc2noc3cc(Oc4cc(C[NH-])ccn4)cc(OC)c23)c1.COO.[Y]. The molecule has 0 saturated heterocycles. The number of fused-ring (bicyclic) bond motifs is 1. The van der Waals surface area contributed by atoms with E-state index in [1.165, 1.54) is 24.6 Å². The molecule has 0 aliphatic carbocycles. The molecule has 2 aromatic carbocycles. The Hall–Kier alpha value is -2.41. The predicted molar refractivity (Wildman–Crippen MR) is 146 cm³/mol.